The van der Waals surface area contributed by atoms with Gasteiger partial charge in [0.05, 0.1) is 36.2 Å². The molecule has 2 rings (SSSR count). The minimum Gasteiger partial charge on any atom is -0.478 e. The van der Waals surface area contributed by atoms with Crippen molar-refractivity contribution < 1.29 is 43.9 Å². The number of ether oxygens (including phenoxy) is 2. The van der Waals surface area contributed by atoms with Gasteiger partial charge in [-0.15, -0.1) is 0 Å². The normalized spacial score (nSPS) is 9.65. The molecule has 0 atom stereocenters. The van der Waals surface area contributed by atoms with Gasteiger partial charge in [-0.1, -0.05) is 6.07 Å². The van der Waals surface area contributed by atoms with Gasteiger partial charge in [0.15, 0.2) is 0 Å². The summed E-state index contributed by atoms with van der Waals surface area (Å²) < 4.78 is 8.73. The third-order valence-electron chi connectivity index (χ3n) is 3.69. The third kappa shape index (κ3) is 6.30. The minimum absolute atomic E-state index is 0.125. The van der Waals surface area contributed by atoms with Crippen LogP contribution >= 0.6 is 0 Å². The van der Waals surface area contributed by atoms with Gasteiger partial charge >= 0.3 is 17.9 Å². The number of nitro groups is 2. The number of methoxy groups -OCH3 is 2. The molecule has 2 aromatic rings. The Morgan fingerprint density at radius 2 is 1.32 bits per heavy atom. The van der Waals surface area contributed by atoms with Gasteiger partial charge in [-0.05, 0) is 23.8 Å². The molecule has 0 aliphatic rings. The number of esters is 2. The van der Waals surface area contributed by atoms with Crippen LogP contribution in [0.2, 0.25) is 0 Å². The highest BCUT2D eigenvalue weighted by molar-refractivity contribution is 5.96. The molecule has 0 aliphatic carbocycles. The van der Waals surface area contributed by atoms with E-state index in [2.05, 4.69) is 9.47 Å². The molecule has 31 heavy (non-hydrogen) atoms. The van der Waals surface area contributed by atoms with Crippen molar-refractivity contribution in [2.45, 2.75) is 6.61 Å². The van der Waals surface area contributed by atoms with E-state index >= 15 is 0 Å². The summed E-state index contributed by atoms with van der Waals surface area (Å²) in [4.78, 5) is 52.6. The van der Waals surface area contributed by atoms with Crippen LogP contribution in [0.4, 0.5) is 11.4 Å². The van der Waals surface area contributed by atoms with E-state index in [0.29, 0.717) is 5.56 Å². The molecule has 0 bridgehead atoms. The van der Waals surface area contributed by atoms with E-state index in [9.17, 15) is 34.6 Å². The van der Waals surface area contributed by atoms with Crippen molar-refractivity contribution in [2.75, 3.05) is 14.2 Å². The minimum atomic E-state index is -1.31. The quantitative estimate of drug-likeness (QED) is 0.381. The van der Waals surface area contributed by atoms with Crippen LogP contribution in [0.25, 0.3) is 0 Å². The largest absolute Gasteiger partial charge is 0.478 e. The topological polar surface area (TPSA) is 196 Å². The van der Waals surface area contributed by atoms with E-state index in [1.54, 1.807) is 0 Å². The van der Waals surface area contributed by atoms with Gasteiger partial charge in [0.1, 0.15) is 11.1 Å². The summed E-state index contributed by atoms with van der Waals surface area (Å²) in [5.74, 6) is -2.96. The molecule has 2 N–H and O–H groups in total. The number of rotatable bonds is 6. The number of aromatic carboxylic acids is 1. The van der Waals surface area contributed by atoms with Gasteiger partial charge in [0.2, 0.25) is 0 Å². The van der Waals surface area contributed by atoms with Gasteiger partial charge in [0, 0.05) is 12.1 Å². The number of hydrogen-bond donors (Lipinski definition) is 2. The van der Waals surface area contributed by atoms with Crippen LogP contribution in [0.3, 0.4) is 0 Å². The van der Waals surface area contributed by atoms with Crippen LogP contribution in [0, 0.1) is 20.2 Å². The van der Waals surface area contributed by atoms with Crippen molar-refractivity contribution in [1.29, 1.82) is 0 Å². The van der Waals surface area contributed by atoms with Crippen LogP contribution in [0.15, 0.2) is 36.4 Å². The molecule has 0 amide bonds. The third-order valence-corrected chi connectivity index (χ3v) is 3.69. The number of carbonyl (C=O) groups excluding carboxylic acids is 2. The Kier molecular flexibility index (Phi) is 8.72. The van der Waals surface area contributed by atoms with Gasteiger partial charge in [-0.3, -0.25) is 20.2 Å². The lowest BCUT2D eigenvalue weighted by molar-refractivity contribution is -0.385. The molecule has 164 valence electrons. The number of hydrogen-bond acceptors (Lipinski definition) is 10. The van der Waals surface area contributed by atoms with E-state index in [1.165, 1.54) is 12.1 Å². The summed E-state index contributed by atoms with van der Waals surface area (Å²) in [6.07, 6.45) is 0. The number of aliphatic hydroxyl groups is 1. The van der Waals surface area contributed by atoms with Crippen molar-refractivity contribution in [2.24, 2.45) is 0 Å². The smallest absolute Gasteiger partial charge is 0.344 e. The van der Waals surface area contributed by atoms with Gasteiger partial charge in [-0.2, -0.15) is 0 Å². The Morgan fingerprint density at radius 1 is 0.871 bits per heavy atom. The second-order valence-corrected chi connectivity index (χ2v) is 5.54. The van der Waals surface area contributed by atoms with Crippen LogP contribution in [-0.4, -0.2) is 52.2 Å². The molecule has 0 unspecified atom stereocenters. The van der Waals surface area contributed by atoms with Crippen LogP contribution in [0.5, 0.6) is 0 Å². The van der Waals surface area contributed by atoms with Crippen LogP contribution < -0.4 is 0 Å². The molecule has 0 fully saturated rings. The summed E-state index contributed by atoms with van der Waals surface area (Å²) in [5.41, 5.74) is -1.26. The zero-order chi connectivity index (χ0) is 23.7. The highest BCUT2D eigenvalue weighted by atomic mass is 16.6. The SMILES string of the molecule is COC(=O)c1ccc(C(=O)O)cc1[N+](=O)[O-].COC(=O)c1ccc(CO)cc1[N+](=O)[O-]. The standard InChI is InChI=1S/C9H7NO6.C9H9NO5/c1-16-9(13)6-3-2-5(8(11)12)4-7(6)10(14)15;1-15-9(12)7-3-2-6(5-11)4-8(7)10(13)14/h2-4H,1H3,(H,11,12);2-4,11H,5H2,1H3. The van der Waals surface area contributed by atoms with Crippen molar-refractivity contribution in [3.8, 4) is 0 Å². The molecule has 0 spiro atoms. The first kappa shape index (κ1) is 24.6. The Bertz CT molecular complexity index is 1030. The van der Waals surface area contributed by atoms with Gasteiger partial charge < -0.3 is 19.7 Å². The monoisotopic (exact) mass is 436 g/mol. The molecule has 0 aromatic heterocycles. The first-order valence-corrected chi connectivity index (χ1v) is 8.13. The lowest BCUT2D eigenvalue weighted by atomic mass is 10.1. The molecular formula is C18H16N2O11. The second kappa shape index (κ2) is 11.0. The number of benzene rings is 2. The Hall–Kier alpha value is -4.39. The fourth-order valence-corrected chi connectivity index (χ4v) is 2.21. The zero-order valence-electron chi connectivity index (χ0n) is 16.1. The van der Waals surface area contributed by atoms with E-state index < -0.39 is 33.4 Å². The predicted molar refractivity (Wildman–Crippen MR) is 102 cm³/mol. The maximum absolute atomic E-state index is 11.1. The Balaban J connectivity index is 0.000000311. The summed E-state index contributed by atoms with van der Waals surface area (Å²) in [6, 6.07) is 6.80. The summed E-state index contributed by atoms with van der Waals surface area (Å²) in [7, 11) is 2.23. The van der Waals surface area contributed by atoms with Crippen molar-refractivity contribution in [3.05, 3.63) is 78.9 Å². The Labute approximate surface area is 173 Å². The van der Waals surface area contributed by atoms with Gasteiger partial charge in [-0.25, -0.2) is 14.4 Å². The zero-order valence-corrected chi connectivity index (χ0v) is 16.1. The van der Waals surface area contributed by atoms with E-state index in [1.807, 2.05) is 0 Å². The predicted octanol–water partition coefficient (Wildman–Crippen LogP) is 1.95. The number of carbonyl (C=O) groups is 3. The fraction of sp³-hybridized carbons (Fsp3) is 0.167. The average Bonchev–Trinajstić information content (AvgIpc) is 2.77. The van der Waals surface area contributed by atoms with Crippen molar-refractivity contribution in [3.63, 3.8) is 0 Å². The maximum Gasteiger partial charge on any atom is 0.344 e. The van der Waals surface area contributed by atoms with Gasteiger partial charge in [0.25, 0.3) is 11.4 Å². The molecule has 0 saturated carbocycles. The number of carboxylic acids is 1. The van der Waals surface area contributed by atoms with Crippen LogP contribution in [-0.2, 0) is 16.1 Å². The molecular weight excluding hydrogens is 420 g/mol. The number of carboxylic acid groups (broad SMARTS) is 1. The molecule has 0 radical (unpaired) electrons. The summed E-state index contributed by atoms with van der Waals surface area (Å²) >= 11 is 0. The molecule has 0 saturated heterocycles. The molecule has 13 nitrogen and oxygen atoms in total. The highest BCUT2D eigenvalue weighted by Crippen LogP contribution is 2.22. The lowest BCUT2D eigenvalue weighted by Crippen LogP contribution is -2.07. The number of aliphatic hydroxyl groups excluding tert-OH is 1. The first-order chi connectivity index (χ1) is 14.6. The van der Waals surface area contributed by atoms with Crippen molar-refractivity contribution >= 4 is 29.3 Å². The summed E-state index contributed by atoms with van der Waals surface area (Å²) in [6.45, 7) is -0.317. The second-order valence-electron chi connectivity index (χ2n) is 5.54. The van der Waals surface area contributed by atoms with Crippen molar-refractivity contribution in [1.82, 2.24) is 0 Å². The molecule has 13 heteroatoms. The van der Waals surface area contributed by atoms with E-state index in [-0.39, 0.29) is 29.0 Å². The van der Waals surface area contributed by atoms with E-state index in [4.69, 9.17) is 10.2 Å². The maximum atomic E-state index is 11.1. The molecule has 2 aromatic carbocycles. The highest BCUT2D eigenvalue weighted by Gasteiger charge is 2.23. The van der Waals surface area contributed by atoms with Crippen LogP contribution in [0.1, 0.15) is 36.6 Å². The Morgan fingerprint density at radius 3 is 1.71 bits per heavy atom. The average molecular weight is 436 g/mol. The fourth-order valence-electron chi connectivity index (χ4n) is 2.21. The molecule has 0 aliphatic heterocycles. The number of nitrogens with zero attached hydrogens (tertiary/aromatic N) is 2. The first-order valence-electron chi connectivity index (χ1n) is 8.13. The molecule has 0 heterocycles. The van der Waals surface area contributed by atoms with E-state index in [0.717, 1.165) is 38.5 Å². The lowest BCUT2D eigenvalue weighted by Gasteiger charge is -2.02. The summed E-state index contributed by atoms with van der Waals surface area (Å²) in [5, 5.41) is 38.7. The number of nitro benzene ring substituents is 2.